The van der Waals surface area contributed by atoms with Crippen molar-refractivity contribution >= 4 is 14.8 Å². The van der Waals surface area contributed by atoms with E-state index in [4.69, 9.17) is 4.43 Å². The van der Waals surface area contributed by atoms with Crippen molar-refractivity contribution in [3.8, 4) is 5.88 Å². The molecule has 0 spiro atoms. The number of hydrogen-bond donors (Lipinski definition) is 0. The first-order valence-corrected chi connectivity index (χ1v) is 10.8. The number of nitrogens with zero attached hydrogens (tertiary/aromatic N) is 1. The maximum Gasteiger partial charge on any atom is 0.276 e. The first-order valence-electron chi connectivity index (χ1n) is 8.42. The quantitative estimate of drug-likeness (QED) is 0.765. The Morgan fingerprint density at radius 2 is 1.79 bits per heavy atom. The molecule has 0 aliphatic heterocycles. The van der Waals surface area contributed by atoms with Gasteiger partial charge in [0.05, 0.1) is 5.69 Å². The van der Waals surface area contributed by atoms with Crippen molar-refractivity contribution in [2.75, 3.05) is 0 Å². The molecule has 1 aromatic heterocycles. The van der Waals surface area contributed by atoms with E-state index in [0.29, 0.717) is 11.4 Å². The Kier molecular flexibility index (Phi) is 4.34. The first kappa shape index (κ1) is 16.9. The molecule has 1 aromatic carbocycles. The molecule has 3 nitrogen and oxygen atoms in total. The summed E-state index contributed by atoms with van der Waals surface area (Å²) in [6, 6.07) is 10.0. The van der Waals surface area contributed by atoms with Gasteiger partial charge in [-0.05, 0) is 60.7 Å². The lowest BCUT2D eigenvalue weighted by Gasteiger charge is -2.20. The van der Waals surface area contributed by atoms with Crippen LogP contribution in [0.3, 0.4) is 0 Å². The highest BCUT2D eigenvalue weighted by Gasteiger charge is 2.25. The molecule has 0 saturated carbocycles. The van der Waals surface area contributed by atoms with E-state index in [1.165, 1.54) is 5.56 Å². The molecule has 0 amide bonds. The lowest BCUT2D eigenvalue weighted by atomic mass is 9.84. The van der Waals surface area contributed by atoms with Crippen molar-refractivity contribution in [3.63, 3.8) is 0 Å². The van der Waals surface area contributed by atoms with Gasteiger partial charge in [0.1, 0.15) is 0 Å². The van der Waals surface area contributed by atoms with Gasteiger partial charge in [0.2, 0.25) is 0 Å². The zero-order valence-electron chi connectivity index (χ0n) is 15.1. The number of benzene rings is 1. The Morgan fingerprint density at radius 1 is 1.04 bits per heavy atom. The minimum atomic E-state index is -0.857. The monoisotopic (exact) mass is 338 g/mol. The normalized spacial score (nSPS) is 14.2. The highest BCUT2D eigenvalue weighted by Crippen LogP contribution is 2.30. The van der Waals surface area contributed by atoms with Crippen LogP contribution in [0.5, 0.6) is 5.88 Å². The number of rotatable bonds is 2. The molecule has 0 bridgehead atoms. The Morgan fingerprint density at radius 3 is 2.46 bits per heavy atom. The number of carbonyl (C=O) groups is 1. The summed E-state index contributed by atoms with van der Waals surface area (Å²) >= 11 is 0. The van der Waals surface area contributed by atoms with Gasteiger partial charge >= 0.3 is 0 Å². The average molecular weight is 339 g/mol. The van der Waals surface area contributed by atoms with Gasteiger partial charge in [0.25, 0.3) is 9.04 Å². The lowest BCUT2D eigenvalue weighted by molar-refractivity contribution is 0.103. The molecule has 1 aliphatic carbocycles. The Bertz CT molecular complexity index is 791. The van der Waals surface area contributed by atoms with E-state index >= 15 is 0 Å². The van der Waals surface area contributed by atoms with Crippen LogP contribution in [-0.2, 0) is 18.3 Å². The third-order valence-corrected chi connectivity index (χ3v) is 4.97. The molecule has 1 aliphatic rings. The van der Waals surface area contributed by atoms with Gasteiger partial charge in [0, 0.05) is 11.1 Å². The lowest BCUT2D eigenvalue weighted by Crippen LogP contribution is -2.14. The van der Waals surface area contributed by atoms with Gasteiger partial charge < -0.3 is 4.43 Å². The predicted octanol–water partition coefficient (Wildman–Crippen LogP) is 4.34. The minimum absolute atomic E-state index is 0.0288. The molecular weight excluding hydrogens is 314 g/mol. The van der Waals surface area contributed by atoms with E-state index in [-0.39, 0.29) is 11.2 Å². The maximum atomic E-state index is 13.1. The molecule has 0 saturated heterocycles. The van der Waals surface area contributed by atoms with Gasteiger partial charge in [-0.3, -0.25) is 4.79 Å². The van der Waals surface area contributed by atoms with Crippen molar-refractivity contribution in [1.29, 1.82) is 0 Å². The fraction of sp³-hybridized carbons (Fsp3) is 0.400. The van der Waals surface area contributed by atoms with Crippen LogP contribution >= 0.6 is 0 Å². The third kappa shape index (κ3) is 3.29. The van der Waals surface area contributed by atoms with Crippen LogP contribution < -0.4 is 4.43 Å². The fourth-order valence-corrected chi connectivity index (χ4v) is 3.55. The predicted molar refractivity (Wildman–Crippen MR) is 98.3 cm³/mol. The third-order valence-electron chi connectivity index (χ3n) is 4.35. The molecule has 0 unspecified atom stereocenters. The smallest absolute Gasteiger partial charge is 0.276 e. The number of pyridine rings is 1. The topological polar surface area (TPSA) is 39.2 Å². The average Bonchev–Trinajstić information content (AvgIpc) is 2.63. The highest BCUT2D eigenvalue weighted by atomic mass is 28.3. The molecular formula is C20H24NO2Si. The molecule has 2 aromatic rings. The van der Waals surface area contributed by atoms with E-state index in [0.717, 1.165) is 29.7 Å². The summed E-state index contributed by atoms with van der Waals surface area (Å²) in [5.74, 6) is 0.725. The second-order valence-corrected chi connectivity index (χ2v) is 9.63. The number of hydrogen-bond acceptors (Lipinski definition) is 3. The fourth-order valence-electron chi connectivity index (χ4n) is 3.02. The summed E-state index contributed by atoms with van der Waals surface area (Å²) in [6.45, 7) is 10.7. The van der Waals surface area contributed by atoms with E-state index in [1.807, 2.05) is 12.1 Å². The van der Waals surface area contributed by atoms with E-state index in [2.05, 4.69) is 57.0 Å². The number of fused-ring (bicyclic) bond motifs is 2. The Labute approximate surface area is 145 Å². The molecule has 0 N–H and O–H groups in total. The van der Waals surface area contributed by atoms with Crippen LogP contribution in [-0.4, -0.2) is 19.8 Å². The molecule has 24 heavy (non-hydrogen) atoms. The largest absolute Gasteiger partial charge is 0.530 e. The van der Waals surface area contributed by atoms with Crippen LogP contribution in [0.4, 0.5) is 0 Å². The van der Waals surface area contributed by atoms with Crippen molar-refractivity contribution in [1.82, 2.24) is 4.98 Å². The summed E-state index contributed by atoms with van der Waals surface area (Å²) in [7, 11) is -0.857. The summed E-state index contributed by atoms with van der Waals surface area (Å²) < 4.78 is 5.78. The molecule has 1 heterocycles. The number of aromatic nitrogens is 1. The van der Waals surface area contributed by atoms with Crippen LogP contribution in [0, 0.1) is 0 Å². The molecule has 1 radical (unpaired) electrons. The second kappa shape index (κ2) is 6.17. The van der Waals surface area contributed by atoms with Crippen LogP contribution in [0.25, 0.3) is 0 Å². The summed E-state index contributed by atoms with van der Waals surface area (Å²) in [4.78, 5) is 17.7. The second-order valence-electron chi connectivity index (χ2n) is 7.61. The summed E-state index contributed by atoms with van der Waals surface area (Å²) in [6.07, 6.45) is 1.61. The zero-order chi connectivity index (χ0) is 17.5. The van der Waals surface area contributed by atoms with Gasteiger partial charge in [-0.15, -0.1) is 0 Å². The Hall–Kier alpha value is -1.94. The molecule has 0 atom stereocenters. The summed E-state index contributed by atoms with van der Waals surface area (Å²) in [5.41, 5.74) is 4.73. The number of carbonyl (C=O) groups excluding carboxylic acids is 1. The van der Waals surface area contributed by atoms with Gasteiger partial charge in [-0.1, -0.05) is 32.9 Å². The van der Waals surface area contributed by atoms with Crippen LogP contribution in [0.15, 0.2) is 30.3 Å². The molecule has 0 fully saturated rings. The van der Waals surface area contributed by atoms with Gasteiger partial charge in [-0.2, -0.15) is 0 Å². The van der Waals surface area contributed by atoms with Crippen molar-refractivity contribution in [2.24, 2.45) is 0 Å². The van der Waals surface area contributed by atoms with Crippen molar-refractivity contribution in [3.05, 3.63) is 58.3 Å². The highest BCUT2D eigenvalue weighted by molar-refractivity contribution is 6.49. The molecule has 3 rings (SSSR count). The van der Waals surface area contributed by atoms with E-state index < -0.39 is 9.04 Å². The van der Waals surface area contributed by atoms with Gasteiger partial charge in [0.15, 0.2) is 11.7 Å². The van der Waals surface area contributed by atoms with E-state index in [1.54, 1.807) is 0 Å². The van der Waals surface area contributed by atoms with Crippen molar-refractivity contribution < 1.29 is 9.22 Å². The standard InChI is InChI=1S/C20H24NO2Si/c1-20(2,3)14-8-6-13-7-10-17-15(19(22)16(13)12-14)9-11-18(21-17)23-24(4)5/h6,8-9,11-12H,7,10H2,1-5H3. The van der Waals surface area contributed by atoms with Crippen molar-refractivity contribution in [2.45, 2.75) is 52.1 Å². The van der Waals surface area contributed by atoms with E-state index in [9.17, 15) is 4.79 Å². The number of ketones is 1. The minimum Gasteiger partial charge on any atom is -0.530 e. The SMILES string of the molecule is C[Si](C)Oc1ccc2c(n1)CCc1ccc(C(C)(C)C)cc1C2=O. The zero-order valence-corrected chi connectivity index (χ0v) is 16.1. The van der Waals surface area contributed by atoms with Gasteiger partial charge in [-0.25, -0.2) is 4.98 Å². The Balaban J connectivity index is 2.04. The first-order chi connectivity index (χ1) is 11.3. The maximum absolute atomic E-state index is 13.1. The van der Waals surface area contributed by atoms with Crippen LogP contribution in [0.1, 0.15) is 53.5 Å². The van der Waals surface area contributed by atoms with Crippen LogP contribution in [0.2, 0.25) is 13.1 Å². The summed E-state index contributed by atoms with van der Waals surface area (Å²) in [5, 5.41) is 0. The molecule has 125 valence electrons. The number of aryl methyl sites for hydroxylation is 2. The molecule has 4 heteroatoms.